The van der Waals surface area contributed by atoms with E-state index in [1.165, 1.54) is 12.1 Å². The molecular weight excluding hydrogens is 398 g/mol. The van der Waals surface area contributed by atoms with Crippen molar-refractivity contribution in [1.29, 1.82) is 0 Å². The van der Waals surface area contributed by atoms with Crippen LogP contribution in [0.2, 0.25) is 0 Å². The molecule has 1 amide bonds. The summed E-state index contributed by atoms with van der Waals surface area (Å²) >= 11 is 0. The van der Waals surface area contributed by atoms with Crippen molar-refractivity contribution in [3.8, 4) is 5.75 Å². The van der Waals surface area contributed by atoms with Gasteiger partial charge in [-0.15, -0.1) is 0 Å². The van der Waals surface area contributed by atoms with Crippen LogP contribution in [-0.2, 0) is 19.6 Å². The van der Waals surface area contributed by atoms with E-state index in [0.29, 0.717) is 6.61 Å². The second kappa shape index (κ2) is 8.49. The van der Waals surface area contributed by atoms with Crippen molar-refractivity contribution in [3.63, 3.8) is 0 Å². The molecule has 0 saturated carbocycles. The molecule has 0 unspecified atom stereocenters. The number of primary sulfonamides is 1. The normalized spacial score (nSPS) is 10.9. The summed E-state index contributed by atoms with van der Waals surface area (Å²) in [7, 11) is -4.14. The first kappa shape index (κ1) is 20.9. The lowest BCUT2D eigenvalue weighted by Crippen LogP contribution is -2.21. The molecule has 0 spiro atoms. The van der Waals surface area contributed by atoms with E-state index in [-0.39, 0.29) is 11.4 Å². The van der Waals surface area contributed by atoms with Crippen LogP contribution in [0.3, 0.4) is 0 Å². The third-order valence-electron chi connectivity index (χ3n) is 3.15. The average Bonchev–Trinajstić information content (AvgIpc) is 3.11. The number of nitrogens with zero attached hydrogens (tertiary/aromatic N) is 1. The van der Waals surface area contributed by atoms with Crippen LogP contribution in [-0.4, -0.2) is 38.4 Å². The molecule has 150 valence electrons. The molecule has 0 radical (unpaired) electrons. The number of hydrogen-bond donors (Lipinski definition) is 2. The number of nitrogens with two attached hydrogens (primary N) is 1. The summed E-state index contributed by atoms with van der Waals surface area (Å²) in [6, 6.07) is 5.80. The summed E-state index contributed by atoms with van der Waals surface area (Å²) in [5, 5.41) is 17.6. The molecule has 0 aliphatic carbocycles. The number of nitro groups is 1. The molecule has 0 fully saturated rings. The molecular formula is C15H15N3O9S. The zero-order chi connectivity index (χ0) is 20.9. The fourth-order valence-corrected chi connectivity index (χ4v) is 2.46. The number of nitrogens with one attached hydrogen (secondary N) is 1. The number of benzene rings is 1. The maximum atomic E-state index is 11.9. The van der Waals surface area contributed by atoms with Gasteiger partial charge in [-0.3, -0.25) is 14.9 Å². The predicted octanol–water partition coefficient (Wildman–Crippen LogP) is 1.03. The van der Waals surface area contributed by atoms with Gasteiger partial charge in [0.1, 0.15) is 11.4 Å². The van der Waals surface area contributed by atoms with Gasteiger partial charge in [0, 0.05) is 0 Å². The van der Waals surface area contributed by atoms with Gasteiger partial charge in [0.2, 0.25) is 10.9 Å². The Bertz CT molecular complexity index is 1010. The molecule has 1 aromatic heterocycles. The highest BCUT2D eigenvalue weighted by Gasteiger charge is 2.21. The number of hydrogen-bond acceptors (Lipinski definition) is 9. The van der Waals surface area contributed by atoms with Crippen LogP contribution in [0.4, 0.5) is 11.4 Å². The van der Waals surface area contributed by atoms with E-state index in [2.05, 4.69) is 10.1 Å². The second-order valence-corrected chi connectivity index (χ2v) is 6.65. The van der Waals surface area contributed by atoms with Gasteiger partial charge < -0.3 is 19.2 Å². The van der Waals surface area contributed by atoms with E-state index in [0.717, 1.165) is 18.2 Å². The fourth-order valence-electron chi connectivity index (χ4n) is 2.00. The Labute approximate surface area is 158 Å². The summed E-state index contributed by atoms with van der Waals surface area (Å²) in [4.78, 5) is 34.1. The van der Waals surface area contributed by atoms with Crippen molar-refractivity contribution in [2.24, 2.45) is 5.14 Å². The molecule has 2 rings (SSSR count). The number of sulfonamides is 1. The summed E-state index contributed by atoms with van der Waals surface area (Å²) in [6.07, 6.45) is 0. The van der Waals surface area contributed by atoms with E-state index in [4.69, 9.17) is 14.3 Å². The van der Waals surface area contributed by atoms with Crippen molar-refractivity contribution < 1.29 is 36.8 Å². The van der Waals surface area contributed by atoms with E-state index in [1.807, 2.05) is 0 Å². The molecule has 3 N–H and O–H groups in total. The van der Waals surface area contributed by atoms with Crippen LogP contribution in [0.1, 0.15) is 17.5 Å². The minimum absolute atomic E-state index is 0.121. The maximum Gasteiger partial charge on any atom is 0.374 e. The van der Waals surface area contributed by atoms with Crippen molar-refractivity contribution in [2.75, 3.05) is 18.5 Å². The molecule has 12 nitrogen and oxygen atoms in total. The Kier molecular flexibility index (Phi) is 6.33. The highest BCUT2D eigenvalue weighted by molar-refractivity contribution is 7.89. The number of anilines is 1. The summed E-state index contributed by atoms with van der Waals surface area (Å²) in [6.45, 7) is 1.22. The number of amides is 1. The third-order valence-corrected chi connectivity index (χ3v) is 3.93. The van der Waals surface area contributed by atoms with Gasteiger partial charge in [-0.25, -0.2) is 18.4 Å². The number of furan rings is 1. The lowest BCUT2D eigenvalue weighted by atomic mass is 10.2. The standard InChI is InChI=1S/C15H15N3O9S/c1-2-25-9-3-4-10(11(7-9)18(21)22)17-13(19)8-26-15(20)12-5-6-14(27-12)28(16,23)24/h3-7H,2,8H2,1H3,(H,17,19)(H2,16,23,24). The zero-order valence-electron chi connectivity index (χ0n) is 14.4. The first-order valence-electron chi connectivity index (χ1n) is 7.62. The quantitative estimate of drug-likeness (QED) is 0.363. The van der Waals surface area contributed by atoms with Gasteiger partial charge in [-0.1, -0.05) is 0 Å². The first-order chi connectivity index (χ1) is 13.1. The van der Waals surface area contributed by atoms with Crippen LogP contribution in [0.5, 0.6) is 5.75 Å². The van der Waals surface area contributed by atoms with Crippen LogP contribution in [0.15, 0.2) is 39.8 Å². The topological polar surface area (TPSA) is 181 Å². The molecule has 1 aromatic carbocycles. The molecule has 0 atom stereocenters. The van der Waals surface area contributed by atoms with Crippen LogP contribution in [0, 0.1) is 10.1 Å². The summed E-state index contributed by atoms with van der Waals surface area (Å²) in [5.41, 5.74) is -0.529. The second-order valence-electron chi connectivity index (χ2n) is 5.16. The summed E-state index contributed by atoms with van der Waals surface area (Å²) in [5.74, 6) is -2.21. The molecule has 0 aliphatic rings. The molecule has 28 heavy (non-hydrogen) atoms. The van der Waals surface area contributed by atoms with Gasteiger partial charge >= 0.3 is 5.97 Å². The third kappa shape index (κ3) is 5.28. The Morgan fingerprint density at radius 2 is 2.00 bits per heavy atom. The van der Waals surface area contributed by atoms with Gasteiger partial charge in [0.05, 0.1) is 17.6 Å². The molecule has 2 aromatic rings. The Balaban J connectivity index is 2.01. The van der Waals surface area contributed by atoms with Gasteiger partial charge in [0.15, 0.2) is 6.61 Å². The molecule has 0 bridgehead atoms. The Hall–Kier alpha value is -3.45. The fraction of sp³-hybridized carbons (Fsp3) is 0.200. The van der Waals surface area contributed by atoms with Crippen molar-refractivity contribution >= 4 is 33.3 Å². The van der Waals surface area contributed by atoms with E-state index in [9.17, 15) is 28.1 Å². The largest absolute Gasteiger partial charge is 0.494 e. The van der Waals surface area contributed by atoms with E-state index in [1.54, 1.807) is 6.92 Å². The van der Waals surface area contributed by atoms with Crippen LogP contribution < -0.4 is 15.2 Å². The van der Waals surface area contributed by atoms with Crippen LogP contribution in [0.25, 0.3) is 0 Å². The minimum atomic E-state index is -4.14. The van der Waals surface area contributed by atoms with Gasteiger partial charge in [0.25, 0.3) is 21.6 Å². The number of carbonyl (C=O) groups is 2. The Morgan fingerprint density at radius 3 is 2.57 bits per heavy atom. The summed E-state index contributed by atoms with van der Waals surface area (Å²) < 4.78 is 36.8. The number of carbonyl (C=O) groups excluding carboxylic acids is 2. The van der Waals surface area contributed by atoms with Crippen LogP contribution >= 0.6 is 0 Å². The lowest BCUT2D eigenvalue weighted by molar-refractivity contribution is -0.384. The average molecular weight is 413 g/mol. The molecule has 0 saturated heterocycles. The lowest BCUT2D eigenvalue weighted by Gasteiger charge is -2.08. The predicted molar refractivity (Wildman–Crippen MR) is 93.3 cm³/mol. The number of esters is 1. The smallest absolute Gasteiger partial charge is 0.374 e. The number of ether oxygens (including phenoxy) is 2. The SMILES string of the molecule is CCOc1ccc(NC(=O)COC(=O)c2ccc(S(N)(=O)=O)o2)c([N+](=O)[O-])c1. The number of nitro benzene ring substituents is 1. The monoisotopic (exact) mass is 413 g/mol. The van der Waals surface area contributed by atoms with E-state index >= 15 is 0 Å². The maximum absolute atomic E-state index is 11.9. The highest BCUT2D eigenvalue weighted by Crippen LogP contribution is 2.29. The Morgan fingerprint density at radius 1 is 1.29 bits per heavy atom. The van der Waals surface area contributed by atoms with Gasteiger partial charge in [-0.05, 0) is 31.2 Å². The zero-order valence-corrected chi connectivity index (χ0v) is 15.2. The molecule has 13 heteroatoms. The highest BCUT2D eigenvalue weighted by atomic mass is 32.2. The van der Waals surface area contributed by atoms with Crippen molar-refractivity contribution in [1.82, 2.24) is 0 Å². The van der Waals surface area contributed by atoms with E-state index < -0.39 is 50.0 Å². The number of rotatable bonds is 8. The molecule has 1 heterocycles. The minimum Gasteiger partial charge on any atom is -0.494 e. The van der Waals surface area contributed by atoms with Crippen molar-refractivity contribution in [3.05, 3.63) is 46.2 Å². The molecule has 0 aliphatic heterocycles. The van der Waals surface area contributed by atoms with Crippen molar-refractivity contribution in [2.45, 2.75) is 12.0 Å². The van der Waals surface area contributed by atoms with Gasteiger partial charge in [-0.2, -0.15) is 0 Å². The first-order valence-corrected chi connectivity index (χ1v) is 9.17.